The van der Waals surface area contributed by atoms with Crippen molar-refractivity contribution in [3.8, 4) is 0 Å². The van der Waals surface area contributed by atoms with Crippen molar-refractivity contribution in [2.24, 2.45) is 0 Å². The number of hydrogen-bond donors (Lipinski definition) is 2. The Morgan fingerprint density at radius 2 is 1.70 bits per heavy atom. The zero-order chi connectivity index (χ0) is 14.7. The van der Waals surface area contributed by atoms with Crippen molar-refractivity contribution in [2.45, 2.75) is 12.8 Å². The van der Waals surface area contributed by atoms with Crippen molar-refractivity contribution in [1.82, 2.24) is 9.80 Å². The van der Waals surface area contributed by atoms with E-state index in [9.17, 15) is 9.59 Å². The van der Waals surface area contributed by atoms with Crippen LogP contribution in [0.1, 0.15) is 23.2 Å². The summed E-state index contributed by atoms with van der Waals surface area (Å²) >= 11 is 0. The van der Waals surface area contributed by atoms with Crippen LogP contribution in [-0.2, 0) is 4.79 Å². The maximum Gasteiger partial charge on any atom is 0.254 e. The number of hydrogen-bond acceptors (Lipinski definition) is 4. The van der Waals surface area contributed by atoms with Gasteiger partial charge in [0.1, 0.15) is 0 Å². The summed E-state index contributed by atoms with van der Waals surface area (Å²) in [5.41, 5.74) is 12.6. The molecule has 2 rings (SSSR count). The highest BCUT2D eigenvalue weighted by molar-refractivity contribution is 5.97. The number of amides is 2. The average Bonchev–Trinajstić information content (AvgIpc) is 2.90. The first-order valence-corrected chi connectivity index (χ1v) is 6.66. The summed E-state index contributed by atoms with van der Waals surface area (Å²) in [7, 11) is 1.61. The molecular formula is C14H20N4O2. The highest BCUT2D eigenvalue weighted by Crippen LogP contribution is 2.15. The van der Waals surface area contributed by atoms with Gasteiger partial charge in [-0.2, -0.15) is 0 Å². The number of nitrogens with two attached hydrogens (primary N) is 2. The molecule has 0 spiro atoms. The number of anilines is 2. The van der Waals surface area contributed by atoms with Crippen LogP contribution in [0.15, 0.2) is 18.2 Å². The summed E-state index contributed by atoms with van der Waals surface area (Å²) in [6.45, 7) is 1.64. The number of nitrogens with zero attached hydrogens (tertiary/aromatic N) is 2. The highest BCUT2D eigenvalue weighted by atomic mass is 16.2. The predicted molar refractivity (Wildman–Crippen MR) is 78.0 cm³/mol. The molecule has 108 valence electrons. The quantitative estimate of drug-likeness (QED) is 0.788. The van der Waals surface area contributed by atoms with E-state index in [2.05, 4.69) is 0 Å². The fourth-order valence-corrected chi connectivity index (χ4v) is 2.36. The summed E-state index contributed by atoms with van der Waals surface area (Å²) < 4.78 is 0. The largest absolute Gasteiger partial charge is 0.399 e. The molecule has 6 heteroatoms. The Kier molecular flexibility index (Phi) is 4.12. The molecule has 0 atom stereocenters. The first kappa shape index (κ1) is 14.2. The van der Waals surface area contributed by atoms with Gasteiger partial charge in [0.05, 0.1) is 6.54 Å². The van der Waals surface area contributed by atoms with Gasteiger partial charge in [-0.15, -0.1) is 0 Å². The fourth-order valence-electron chi connectivity index (χ4n) is 2.36. The molecule has 2 amide bonds. The molecule has 0 aliphatic carbocycles. The number of rotatable bonds is 3. The molecule has 1 saturated heterocycles. The summed E-state index contributed by atoms with van der Waals surface area (Å²) in [4.78, 5) is 27.4. The van der Waals surface area contributed by atoms with Crippen LogP contribution in [0.4, 0.5) is 11.4 Å². The van der Waals surface area contributed by atoms with Gasteiger partial charge in [-0.3, -0.25) is 9.59 Å². The van der Waals surface area contributed by atoms with Crippen LogP contribution >= 0.6 is 0 Å². The Hall–Kier alpha value is -2.24. The first-order valence-electron chi connectivity index (χ1n) is 6.66. The van der Waals surface area contributed by atoms with Crippen LogP contribution in [0.2, 0.25) is 0 Å². The van der Waals surface area contributed by atoms with Crippen molar-refractivity contribution < 1.29 is 9.59 Å². The van der Waals surface area contributed by atoms with Gasteiger partial charge in [-0.1, -0.05) is 0 Å². The minimum absolute atomic E-state index is 0.0183. The highest BCUT2D eigenvalue weighted by Gasteiger charge is 2.21. The van der Waals surface area contributed by atoms with Crippen LogP contribution in [0.3, 0.4) is 0 Å². The maximum absolute atomic E-state index is 12.2. The van der Waals surface area contributed by atoms with Gasteiger partial charge in [0.25, 0.3) is 5.91 Å². The van der Waals surface area contributed by atoms with Gasteiger partial charge in [0.2, 0.25) is 5.91 Å². The van der Waals surface area contributed by atoms with E-state index >= 15 is 0 Å². The molecule has 4 N–H and O–H groups in total. The van der Waals surface area contributed by atoms with Crippen molar-refractivity contribution in [3.63, 3.8) is 0 Å². The Balaban J connectivity index is 2.02. The molecule has 1 aromatic rings. The SMILES string of the molecule is CN(CC(=O)N1CCCC1)C(=O)c1cc(N)cc(N)c1. The third-order valence-corrected chi connectivity index (χ3v) is 3.40. The molecule has 0 unspecified atom stereocenters. The smallest absolute Gasteiger partial charge is 0.254 e. The van der Waals surface area contributed by atoms with Gasteiger partial charge in [0.15, 0.2) is 0 Å². The van der Waals surface area contributed by atoms with Crippen LogP contribution in [0.5, 0.6) is 0 Å². The molecule has 6 nitrogen and oxygen atoms in total. The van der Waals surface area contributed by atoms with Gasteiger partial charge >= 0.3 is 0 Å². The molecule has 1 aromatic carbocycles. The minimum Gasteiger partial charge on any atom is -0.399 e. The lowest BCUT2D eigenvalue weighted by Crippen LogP contribution is -2.39. The molecule has 0 saturated carbocycles. The molecule has 0 bridgehead atoms. The van der Waals surface area contributed by atoms with Crippen LogP contribution in [0, 0.1) is 0 Å². The Morgan fingerprint density at radius 3 is 2.25 bits per heavy atom. The third kappa shape index (κ3) is 3.20. The lowest BCUT2D eigenvalue weighted by Gasteiger charge is -2.21. The molecule has 1 fully saturated rings. The molecule has 1 heterocycles. The van der Waals surface area contributed by atoms with Crippen molar-refractivity contribution >= 4 is 23.2 Å². The molecule has 1 aliphatic heterocycles. The van der Waals surface area contributed by atoms with Crippen LogP contribution in [-0.4, -0.2) is 48.3 Å². The average molecular weight is 276 g/mol. The predicted octanol–water partition coefficient (Wildman–Crippen LogP) is 0.545. The zero-order valence-corrected chi connectivity index (χ0v) is 11.6. The number of benzene rings is 1. The van der Waals surface area contributed by atoms with E-state index in [1.807, 2.05) is 0 Å². The second-order valence-corrected chi connectivity index (χ2v) is 5.14. The van der Waals surface area contributed by atoms with E-state index < -0.39 is 0 Å². The maximum atomic E-state index is 12.2. The molecule has 20 heavy (non-hydrogen) atoms. The Labute approximate surface area is 118 Å². The minimum atomic E-state index is -0.253. The zero-order valence-electron chi connectivity index (χ0n) is 11.6. The van der Waals surface area contributed by atoms with Gasteiger partial charge in [0, 0.05) is 37.1 Å². The van der Waals surface area contributed by atoms with Crippen molar-refractivity contribution in [3.05, 3.63) is 23.8 Å². The van der Waals surface area contributed by atoms with E-state index in [0.29, 0.717) is 16.9 Å². The summed E-state index contributed by atoms with van der Waals surface area (Å²) in [6, 6.07) is 4.72. The lowest BCUT2D eigenvalue weighted by molar-refractivity contribution is -0.130. The second-order valence-electron chi connectivity index (χ2n) is 5.14. The van der Waals surface area contributed by atoms with Gasteiger partial charge in [-0.25, -0.2) is 0 Å². The van der Waals surface area contributed by atoms with Crippen LogP contribution < -0.4 is 11.5 Å². The standard InChI is InChI=1S/C14H20N4O2/c1-17(9-13(19)18-4-2-3-5-18)14(20)10-6-11(15)8-12(16)7-10/h6-8H,2-5,9,15-16H2,1H3. The van der Waals surface area contributed by atoms with Crippen molar-refractivity contribution in [1.29, 1.82) is 0 Å². The summed E-state index contributed by atoms with van der Waals surface area (Å²) in [5.74, 6) is -0.272. The van der Waals surface area contributed by atoms with Crippen molar-refractivity contribution in [2.75, 3.05) is 38.1 Å². The molecular weight excluding hydrogens is 256 g/mol. The second kappa shape index (κ2) is 5.81. The summed E-state index contributed by atoms with van der Waals surface area (Å²) in [5, 5.41) is 0. The Morgan fingerprint density at radius 1 is 1.15 bits per heavy atom. The molecule has 0 aromatic heterocycles. The van der Waals surface area contributed by atoms with Gasteiger partial charge < -0.3 is 21.3 Å². The van der Waals surface area contributed by atoms with E-state index in [4.69, 9.17) is 11.5 Å². The third-order valence-electron chi connectivity index (χ3n) is 3.40. The normalized spacial score (nSPS) is 14.3. The first-order chi connectivity index (χ1) is 9.47. The Bertz CT molecular complexity index is 504. The monoisotopic (exact) mass is 276 g/mol. The summed E-state index contributed by atoms with van der Waals surface area (Å²) in [6.07, 6.45) is 2.07. The van der Waals surface area contributed by atoms with E-state index in [1.54, 1.807) is 30.1 Å². The fraction of sp³-hybridized carbons (Fsp3) is 0.429. The van der Waals surface area contributed by atoms with Crippen LogP contribution in [0.25, 0.3) is 0 Å². The number of nitrogen functional groups attached to an aromatic ring is 2. The van der Waals surface area contributed by atoms with E-state index in [1.165, 1.54) is 4.90 Å². The van der Waals surface area contributed by atoms with E-state index in [-0.39, 0.29) is 18.4 Å². The van der Waals surface area contributed by atoms with Gasteiger partial charge in [-0.05, 0) is 31.0 Å². The number of carbonyl (C=O) groups is 2. The lowest BCUT2D eigenvalue weighted by atomic mass is 10.1. The number of likely N-dealkylation sites (N-methyl/N-ethyl adjacent to an activating group) is 1. The topological polar surface area (TPSA) is 92.7 Å². The molecule has 1 aliphatic rings. The van der Waals surface area contributed by atoms with E-state index in [0.717, 1.165) is 25.9 Å². The number of likely N-dealkylation sites (tertiary alicyclic amines) is 1. The molecule has 0 radical (unpaired) electrons. The number of carbonyl (C=O) groups excluding carboxylic acids is 2.